The van der Waals surface area contributed by atoms with E-state index in [9.17, 15) is 28.1 Å². The fourth-order valence-corrected chi connectivity index (χ4v) is 2.30. The highest BCUT2D eigenvalue weighted by molar-refractivity contribution is 7.13. The maximum atomic E-state index is 12.4. The van der Waals surface area contributed by atoms with E-state index in [1.54, 1.807) is 0 Å². The van der Waals surface area contributed by atoms with Crippen LogP contribution in [0.15, 0.2) is 40.9 Å². The predicted molar refractivity (Wildman–Crippen MR) is 94.6 cm³/mol. The lowest BCUT2D eigenvalue weighted by molar-refractivity contribution is -0.380. The van der Waals surface area contributed by atoms with Crippen molar-refractivity contribution in [2.75, 3.05) is 5.32 Å². The molecule has 2 aromatic rings. The number of alkyl halides is 3. The largest absolute Gasteiger partial charge is 0.437 e. The number of nitro groups is 1. The number of carbonyl (C=O) groups excluding carboxylic acids is 1. The van der Waals surface area contributed by atoms with E-state index in [0.29, 0.717) is 0 Å². The van der Waals surface area contributed by atoms with Gasteiger partial charge in [-0.05, 0) is 24.3 Å². The molecule has 27 heavy (non-hydrogen) atoms. The zero-order valence-electron chi connectivity index (χ0n) is 14.1. The second kappa shape index (κ2) is 9.52. The first-order valence-electron chi connectivity index (χ1n) is 7.39. The minimum Gasteiger partial charge on any atom is -0.380 e. The fourth-order valence-electron chi connectivity index (χ4n) is 1.58. The highest BCUT2D eigenvalue weighted by Gasteiger charge is 2.30. The number of amides is 1. The lowest BCUT2D eigenvalue weighted by atomic mass is 10.2. The van der Waals surface area contributed by atoms with Crippen molar-refractivity contribution < 1.29 is 27.7 Å². The number of nitrogens with one attached hydrogen (secondary N) is 1. The molecule has 146 valence electrons. The monoisotopic (exact) mass is 404 g/mol. The van der Waals surface area contributed by atoms with Crippen molar-refractivity contribution in [3.05, 3.63) is 57.0 Å². The number of rotatable bonds is 4. The molecule has 0 aliphatic rings. The Kier molecular flexibility index (Phi) is 7.72. The van der Waals surface area contributed by atoms with Gasteiger partial charge >= 0.3 is 17.3 Å². The molecule has 12 heteroatoms. The molecular formula is C15H15F3N4O4S. The van der Waals surface area contributed by atoms with Gasteiger partial charge < -0.3 is 5.73 Å². The van der Waals surface area contributed by atoms with E-state index in [1.807, 2.05) is 13.8 Å². The van der Waals surface area contributed by atoms with Gasteiger partial charge in [-0.1, -0.05) is 30.3 Å². The summed E-state index contributed by atoms with van der Waals surface area (Å²) in [5.74, 6) is -0.271. The number of amidine groups is 1. The maximum Gasteiger partial charge on any atom is 0.437 e. The van der Waals surface area contributed by atoms with Crippen molar-refractivity contribution in [2.24, 2.45) is 10.9 Å². The SMILES string of the molecule is CC.N/C(=N/OC(=O)Nc1ccc(C(F)(F)F)cc1)c1csc([N+](=O)[O-])c1. The summed E-state index contributed by atoms with van der Waals surface area (Å²) in [5.41, 5.74) is 4.90. The van der Waals surface area contributed by atoms with Gasteiger partial charge in [-0.2, -0.15) is 13.2 Å². The Morgan fingerprint density at radius 3 is 2.37 bits per heavy atom. The third kappa shape index (κ3) is 6.58. The van der Waals surface area contributed by atoms with Crippen LogP contribution < -0.4 is 11.1 Å². The Bertz CT molecular complexity index is 819. The van der Waals surface area contributed by atoms with Crippen LogP contribution in [0.4, 0.5) is 28.7 Å². The molecule has 1 aromatic carbocycles. The van der Waals surface area contributed by atoms with Crippen molar-refractivity contribution in [2.45, 2.75) is 20.0 Å². The normalized spacial score (nSPS) is 11.2. The van der Waals surface area contributed by atoms with Gasteiger partial charge in [0, 0.05) is 22.7 Å². The lowest BCUT2D eigenvalue weighted by Gasteiger charge is -2.07. The Morgan fingerprint density at radius 2 is 1.89 bits per heavy atom. The molecule has 0 aliphatic heterocycles. The summed E-state index contributed by atoms with van der Waals surface area (Å²) in [6.45, 7) is 4.00. The fraction of sp³-hybridized carbons (Fsp3) is 0.200. The summed E-state index contributed by atoms with van der Waals surface area (Å²) >= 11 is 0.818. The van der Waals surface area contributed by atoms with Gasteiger partial charge in [-0.15, -0.1) is 0 Å². The molecular weight excluding hydrogens is 389 g/mol. The Morgan fingerprint density at radius 1 is 1.30 bits per heavy atom. The van der Waals surface area contributed by atoms with Gasteiger partial charge in [0.2, 0.25) is 0 Å². The molecule has 1 amide bonds. The third-order valence-electron chi connectivity index (χ3n) is 2.75. The molecule has 0 bridgehead atoms. The maximum absolute atomic E-state index is 12.4. The van der Waals surface area contributed by atoms with E-state index in [1.165, 1.54) is 5.38 Å². The zero-order chi connectivity index (χ0) is 20.6. The number of carbonyl (C=O) groups is 1. The summed E-state index contributed by atoms with van der Waals surface area (Å²) < 4.78 is 37.3. The molecule has 0 spiro atoms. The van der Waals surface area contributed by atoms with Crippen LogP contribution in [-0.2, 0) is 11.0 Å². The van der Waals surface area contributed by atoms with Gasteiger partial charge in [0.1, 0.15) is 0 Å². The number of nitrogens with two attached hydrogens (primary N) is 1. The minimum absolute atomic E-state index is 0.0537. The number of benzene rings is 1. The Labute approximate surface area is 155 Å². The van der Waals surface area contributed by atoms with Crippen molar-refractivity contribution in [3.63, 3.8) is 0 Å². The van der Waals surface area contributed by atoms with Crippen molar-refractivity contribution in [3.8, 4) is 0 Å². The van der Waals surface area contributed by atoms with Gasteiger partial charge in [0.05, 0.1) is 10.5 Å². The molecule has 0 saturated carbocycles. The molecule has 2 rings (SSSR count). The molecule has 0 radical (unpaired) electrons. The van der Waals surface area contributed by atoms with Crippen LogP contribution in [0.5, 0.6) is 0 Å². The van der Waals surface area contributed by atoms with Gasteiger partial charge in [-0.3, -0.25) is 20.3 Å². The van der Waals surface area contributed by atoms with E-state index < -0.39 is 22.8 Å². The predicted octanol–water partition coefficient (Wildman–Crippen LogP) is 4.57. The zero-order valence-corrected chi connectivity index (χ0v) is 14.9. The Balaban J connectivity index is 0.00000176. The topological polar surface area (TPSA) is 120 Å². The highest BCUT2D eigenvalue weighted by atomic mass is 32.1. The average Bonchev–Trinajstić information content (AvgIpc) is 3.12. The van der Waals surface area contributed by atoms with Crippen LogP contribution >= 0.6 is 11.3 Å². The molecule has 0 aliphatic carbocycles. The summed E-state index contributed by atoms with van der Waals surface area (Å²) in [4.78, 5) is 25.9. The second-order valence-corrected chi connectivity index (χ2v) is 5.38. The highest BCUT2D eigenvalue weighted by Crippen LogP contribution is 2.29. The summed E-state index contributed by atoms with van der Waals surface area (Å²) in [5, 5.41) is 17.2. The second-order valence-electron chi connectivity index (χ2n) is 4.49. The summed E-state index contributed by atoms with van der Waals surface area (Å²) in [7, 11) is 0. The van der Waals surface area contributed by atoms with E-state index in [0.717, 1.165) is 41.7 Å². The number of anilines is 1. The molecule has 8 nitrogen and oxygen atoms in total. The standard InChI is InChI=1S/C13H9F3N4O4S.C2H6/c14-13(15,16)8-1-3-9(4-2-8)18-12(21)24-19-11(17)7-5-10(20(22)23)25-6-7;1-2/h1-6H,(H2,17,19)(H,18,21);1-2H3. The van der Waals surface area contributed by atoms with Crippen LogP contribution in [0.2, 0.25) is 0 Å². The van der Waals surface area contributed by atoms with Crippen LogP contribution in [0.1, 0.15) is 25.0 Å². The van der Waals surface area contributed by atoms with Crippen molar-refractivity contribution in [1.29, 1.82) is 0 Å². The lowest BCUT2D eigenvalue weighted by Crippen LogP contribution is -2.17. The molecule has 0 atom stereocenters. The van der Waals surface area contributed by atoms with Crippen LogP contribution in [0.25, 0.3) is 0 Å². The molecule has 1 aromatic heterocycles. The van der Waals surface area contributed by atoms with Gasteiger partial charge in [-0.25, -0.2) is 4.79 Å². The first-order valence-corrected chi connectivity index (χ1v) is 8.27. The van der Waals surface area contributed by atoms with Crippen LogP contribution in [-0.4, -0.2) is 16.9 Å². The first kappa shape index (κ1) is 21.9. The number of hydrogen-bond donors (Lipinski definition) is 2. The Hall–Kier alpha value is -3.15. The number of oxime groups is 1. The van der Waals surface area contributed by atoms with Crippen molar-refractivity contribution >= 4 is 34.0 Å². The first-order chi connectivity index (χ1) is 12.7. The van der Waals surface area contributed by atoms with E-state index in [2.05, 4.69) is 15.3 Å². The molecule has 0 fully saturated rings. The number of halogens is 3. The van der Waals surface area contributed by atoms with Crippen LogP contribution in [0, 0.1) is 10.1 Å². The third-order valence-corrected chi connectivity index (χ3v) is 3.63. The van der Waals surface area contributed by atoms with Gasteiger partial charge in [0.15, 0.2) is 5.84 Å². The summed E-state index contributed by atoms with van der Waals surface area (Å²) in [6.07, 6.45) is -5.58. The molecule has 1 heterocycles. The quantitative estimate of drug-likeness (QED) is 0.254. The smallest absolute Gasteiger partial charge is 0.380 e. The number of thiophene rings is 1. The number of hydrogen-bond acceptors (Lipinski definition) is 6. The molecule has 3 N–H and O–H groups in total. The molecule has 0 saturated heterocycles. The van der Waals surface area contributed by atoms with E-state index >= 15 is 0 Å². The average molecular weight is 404 g/mol. The van der Waals surface area contributed by atoms with Crippen molar-refractivity contribution in [1.82, 2.24) is 0 Å². The molecule has 0 unspecified atom stereocenters. The van der Waals surface area contributed by atoms with E-state index in [-0.39, 0.29) is 22.1 Å². The number of nitrogens with zero attached hydrogens (tertiary/aromatic N) is 2. The van der Waals surface area contributed by atoms with E-state index in [4.69, 9.17) is 5.73 Å². The minimum atomic E-state index is -4.49. The van der Waals surface area contributed by atoms with Crippen LogP contribution in [0.3, 0.4) is 0 Å². The van der Waals surface area contributed by atoms with Gasteiger partial charge in [0.25, 0.3) is 0 Å². The summed E-state index contributed by atoms with van der Waals surface area (Å²) in [6, 6.07) is 4.81.